The number of hydrogen-bond acceptors (Lipinski definition) is 3. The van der Waals surface area contributed by atoms with E-state index in [9.17, 15) is 18.0 Å². The fourth-order valence-corrected chi connectivity index (χ4v) is 3.16. The third kappa shape index (κ3) is 3.43. The van der Waals surface area contributed by atoms with Crippen molar-refractivity contribution in [1.29, 1.82) is 0 Å². The maximum absolute atomic E-state index is 12.9. The first-order chi connectivity index (χ1) is 11.9. The van der Waals surface area contributed by atoms with Gasteiger partial charge in [0.2, 0.25) is 0 Å². The highest BCUT2D eigenvalue weighted by Crippen LogP contribution is 2.40. The van der Waals surface area contributed by atoms with Crippen LogP contribution in [-0.4, -0.2) is 35.2 Å². The predicted octanol–water partition coefficient (Wildman–Crippen LogP) is 4.51. The van der Waals surface area contributed by atoms with E-state index in [2.05, 4.69) is 10.3 Å². The predicted molar refractivity (Wildman–Crippen MR) is 85.4 cm³/mol. The van der Waals surface area contributed by atoms with Crippen LogP contribution in [-0.2, 0) is 0 Å². The van der Waals surface area contributed by atoms with E-state index in [-0.39, 0.29) is 13.0 Å². The van der Waals surface area contributed by atoms with E-state index in [1.54, 1.807) is 18.2 Å². The highest BCUT2D eigenvalue weighted by molar-refractivity contribution is 5.91. The SMILES string of the molecule is O=C(Nc1ccc2oc(C3CC3)nc2c1)N1CCC[C@H](C(F)(F)F)C1. The molecule has 0 bridgehead atoms. The summed E-state index contributed by atoms with van der Waals surface area (Å²) in [5, 5.41) is 2.67. The molecule has 0 unspecified atom stereocenters. The van der Waals surface area contributed by atoms with Gasteiger partial charge in [-0.05, 0) is 43.9 Å². The first-order valence-electron chi connectivity index (χ1n) is 8.43. The van der Waals surface area contributed by atoms with E-state index >= 15 is 0 Å². The number of nitrogens with one attached hydrogen (secondary N) is 1. The van der Waals surface area contributed by atoms with Gasteiger partial charge in [0.05, 0.1) is 5.92 Å². The summed E-state index contributed by atoms with van der Waals surface area (Å²) in [6.07, 6.45) is -1.69. The molecule has 1 N–H and O–H groups in total. The lowest BCUT2D eigenvalue weighted by atomic mass is 9.98. The van der Waals surface area contributed by atoms with E-state index in [0.717, 1.165) is 12.8 Å². The summed E-state index contributed by atoms with van der Waals surface area (Å²) in [5.41, 5.74) is 1.80. The van der Waals surface area contributed by atoms with Gasteiger partial charge in [-0.2, -0.15) is 13.2 Å². The van der Waals surface area contributed by atoms with Gasteiger partial charge in [0, 0.05) is 24.7 Å². The second kappa shape index (κ2) is 5.93. The highest BCUT2D eigenvalue weighted by Gasteiger charge is 2.42. The molecule has 2 aromatic rings. The number of carbonyl (C=O) groups is 1. The number of anilines is 1. The molecule has 1 aromatic carbocycles. The molecule has 0 radical (unpaired) electrons. The van der Waals surface area contributed by atoms with E-state index in [0.29, 0.717) is 41.6 Å². The van der Waals surface area contributed by atoms with Crippen molar-refractivity contribution in [2.24, 2.45) is 5.92 Å². The Morgan fingerprint density at radius 2 is 2.08 bits per heavy atom. The molecule has 2 heterocycles. The Hall–Kier alpha value is -2.25. The number of carbonyl (C=O) groups excluding carboxylic acids is 1. The number of amides is 2. The van der Waals surface area contributed by atoms with E-state index in [4.69, 9.17) is 4.42 Å². The number of aromatic nitrogens is 1. The zero-order valence-electron chi connectivity index (χ0n) is 13.5. The molecule has 1 aliphatic carbocycles. The Balaban J connectivity index is 1.45. The molecule has 5 nitrogen and oxygen atoms in total. The zero-order chi connectivity index (χ0) is 17.6. The number of nitrogens with zero attached hydrogens (tertiary/aromatic N) is 2. The van der Waals surface area contributed by atoms with Gasteiger partial charge in [-0.15, -0.1) is 0 Å². The van der Waals surface area contributed by atoms with Crippen LogP contribution in [0.15, 0.2) is 22.6 Å². The lowest BCUT2D eigenvalue weighted by Crippen LogP contribution is -2.46. The number of urea groups is 1. The van der Waals surface area contributed by atoms with Crippen LogP contribution in [0.3, 0.4) is 0 Å². The molecule has 4 rings (SSSR count). The molecule has 25 heavy (non-hydrogen) atoms. The molecular weight excluding hydrogens is 335 g/mol. The van der Waals surface area contributed by atoms with Gasteiger partial charge in [-0.3, -0.25) is 0 Å². The normalized spacial score (nSPS) is 21.6. The van der Waals surface area contributed by atoms with Gasteiger partial charge in [0.1, 0.15) is 5.52 Å². The summed E-state index contributed by atoms with van der Waals surface area (Å²) in [6, 6.07) is 4.57. The average Bonchev–Trinajstić information content (AvgIpc) is 3.34. The molecule has 134 valence electrons. The van der Waals surface area contributed by atoms with Crippen molar-refractivity contribution in [1.82, 2.24) is 9.88 Å². The molecule has 1 saturated heterocycles. The molecule has 0 spiro atoms. The number of rotatable bonds is 2. The van der Waals surface area contributed by atoms with Gasteiger partial charge < -0.3 is 14.6 Å². The molecule has 1 saturated carbocycles. The van der Waals surface area contributed by atoms with Crippen LogP contribution in [0.4, 0.5) is 23.7 Å². The highest BCUT2D eigenvalue weighted by atomic mass is 19.4. The summed E-state index contributed by atoms with van der Waals surface area (Å²) in [7, 11) is 0. The van der Waals surface area contributed by atoms with E-state index < -0.39 is 18.1 Å². The fourth-order valence-electron chi connectivity index (χ4n) is 3.16. The summed E-state index contributed by atoms with van der Waals surface area (Å²) >= 11 is 0. The van der Waals surface area contributed by atoms with Crippen molar-refractivity contribution in [3.63, 3.8) is 0 Å². The van der Waals surface area contributed by atoms with Crippen LogP contribution in [0.5, 0.6) is 0 Å². The first kappa shape index (κ1) is 16.2. The van der Waals surface area contributed by atoms with E-state index in [1.807, 2.05) is 0 Å². The average molecular weight is 353 g/mol. The van der Waals surface area contributed by atoms with Crippen LogP contribution in [0.25, 0.3) is 11.1 Å². The molecule has 1 aliphatic heterocycles. The minimum Gasteiger partial charge on any atom is -0.440 e. The quantitative estimate of drug-likeness (QED) is 0.864. The summed E-state index contributed by atoms with van der Waals surface area (Å²) in [6.45, 7) is 0.0316. The van der Waals surface area contributed by atoms with Crippen molar-refractivity contribution < 1.29 is 22.4 Å². The summed E-state index contributed by atoms with van der Waals surface area (Å²) in [5.74, 6) is -0.355. The van der Waals surface area contributed by atoms with E-state index in [1.165, 1.54) is 4.90 Å². The Kier molecular flexibility index (Phi) is 3.85. The largest absolute Gasteiger partial charge is 0.440 e. The second-order valence-electron chi connectivity index (χ2n) is 6.77. The minimum absolute atomic E-state index is 0.0715. The maximum atomic E-state index is 12.9. The minimum atomic E-state index is -4.27. The molecule has 2 fully saturated rings. The second-order valence-corrected chi connectivity index (χ2v) is 6.77. The number of likely N-dealkylation sites (tertiary alicyclic amines) is 1. The van der Waals surface area contributed by atoms with Crippen molar-refractivity contribution >= 4 is 22.8 Å². The number of hydrogen-bond donors (Lipinski definition) is 1. The standard InChI is InChI=1S/C17H18F3N3O2/c18-17(19,20)11-2-1-7-23(9-11)16(24)21-12-5-6-14-13(8-12)22-15(25-14)10-3-4-10/h5-6,8,10-11H,1-4,7,9H2,(H,21,24)/t11-/m0/s1. The van der Waals surface area contributed by atoms with Crippen LogP contribution in [0, 0.1) is 5.92 Å². The van der Waals surface area contributed by atoms with Gasteiger partial charge in [-0.25, -0.2) is 9.78 Å². The van der Waals surface area contributed by atoms with Crippen molar-refractivity contribution in [2.45, 2.75) is 37.8 Å². The molecule has 2 amide bonds. The van der Waals surface area contributed by atoms with Crippen molar-refractivity contribution in [3.05, 3.63) is 24.1 Å². The zero-order valence-corrected chi connectivity index (χ0v) is 13.5. The topological polar surface area (TPSA) is 58.4 Å². The Labute approximate surface area is 142 Å². The first-order valence-corrected chi connectivity index (χ1v) is 8.43. The third-order valence-corrected chi connectivity index (χ3v) is 4.75. The van der Waals surface area contributed by atoms with Crippen LogP contribution >= 0.6 is 0 Å². The Bertz CT molecular complexity index is 798. The van der Waals surface area contributed by atoms with Crippen molar-refractivity contribution in [3.8, 4) is 0 Å². The lowest BCUT2D eigenvalue weighted by molar-refractivity contribution is -0.183. The number of fused-ring (bicyclic) bond motifs is 1. The van der Waals surface area contributed by atoms with Gasteiger partial charge in [-0.1, -0.05) is 0 Å². The van der Waals surface area contributed by atoms with Crippen LogP contribution < -0.4 is 5.32 Å². The molecule has 8 heteroatoms. The third-order valence-electron chi connectivity index (χ3n) is 4.75. The summed E-state index contributed by atoms with van der Waals surface area (Å²) in [4.78, 5) is 17.9. The molecule has 2 aliphatic rings. The molecule has 1 atom stereocenters. The number of benzene rings is 1. The Morgan fingerprint density at radius 1 is 1.28 bits per heavy atom. The molecule has 1 aromatic heterocycles. The maximum Gasteiger partial charge on any atom is 0.393 e. The lowest BCUT2D eigenvalue weighted by Gasteiger charge is -2.33. The van der Waals surface area contributed by atoms with Gasteiger partial charge in [0.25, 0.3) is 0 Å². The van der Waals surface area contributed by atoms with Gasteiger partial charge in [0.15, 0.2) is 11.5 Å². The molecular formula is C17H18F3N3O2. The number of halogens is 3. The van der Waals surface area contributed by atoms with Crippen molar-refractivity contribution in [2.75, 3.05) is 18.4 Å². The number of alkyl halides is 3. The van der Waals surface area contributed by atoms with Crippen LogP contribution in [0.1, 0.15) is 37.5 Å². The smallest absolute Gasteiger partial charge is 0.393 e. The fraction of sp³-hybridized carbons (Fsp3) is 0.529. The number of oxazole rings is 1. The van der Waals surface area contributed by atoms with Crippen LogP contribution in [0.2, 0.25) is 0 Å². The monoisotopic (exact) mass is 353 g/mol. The summed E-state index contributed by atoms with van der Waals surface area (Å²) < 4.78 is 44.3. The van der Waals surface area contributed by atoms with Gasteiger partial charge >= 0.3 is 12.2 Å². The Morgan fingerprint density at radius 3 is 2.80 bits per heavy atom. The number of piperidine rings is 1.